The molecule has 3 heteroatoms. The standard InChI is InChI=1S/C11H11NO2/c1-8-9(11(13)14-2)5-7-12-6-3-4-10(8)12/h3-7H,1-2H3. The molecule has 2 aromatic rings. The van der Waals surface area contributed by atoms with Crippen LogP contribution in [0.4, 0.5) is 0 Å². The van der Waals surface area contributed by atoms with E-state index in [9.17, 15) is 4.79 Å². The Morgan fingerprint density at radius 3 is 2.86 bits per heavy atom. The van der Waals surface area contributed by atoms with Gasteiger partial charge in [0.2, 0.25) is 0 Å². The summed E-state index contributed by atoms with van der Waals surface area (Å²) in [7, 11) is 1.39. The second-order valence-electron chi connectivity index (χ2n) is 3.15. The first-order valence-electron chi connectivity index (χ1n) is 4.38. The Bertz CT molecular complexity index is 485. The van der Waals surface area contributed by atoms with Crippen LogP contribution in [0.15, 0.2) is 30.6 Å². The maximum Gasteiger partial charge on any atom is 0.338 e. The topological polar surface area (TPSA) is 30.7 Å². The van der Waals surface area contributed by atoms with Gasteiger partial charge in [-0.15, -0.1) is 0 Å². The number of pyridine rings is 1. The molecular formula is C11H11NO2. The molecule has 0 bridgehead atoms. The molecule has 2 aromatic heterocycles. The second kappa shape index (κ2) is 3.18. The van der Waals surface area contributed by atoms with Crippen LogP contribution in [0, 0.1) is 6.92 Å². The van der Waals surface area contributed by atoms with Gasteiger partial charge >= 0.3 is 5.97 Å². The quantitative estimate of drug-likeness (QED) is 0.643. The summed E-state index contributed by atoms with van der Waals surface area (Å²) < 4.78 is 6.67. The third-order valence-corrected chi connectivity index (χ3v) is 2.37. The normalized spacial score (nSPS) is 10.4. The molecule has 0 aliphatic carbocycles. The Kier molecular flexibility index (Phi) is 2.00. The molecule has 0 saturated heterocycles. The van der Waals surface area contributed by atoms with Gasteiger partial charge in [0.1, 0.15) is 0 Å². The van der Waals surface area contributed by atoms with Gasteiger partial charge in [-0.25, -0.2) is 4.79 Å². The number of fused-ring (bicyclic) bond motifs is 1. The van der Waals surface area contributed by atoms with E-state index in [1.165, 1.54) is 7.11 Å². The number of esters is 1. The highest BCUT2D eigenvalue weighted by Crippen LogP contribution is 2.16. The van der Waals surface area contributed by atoms with Gasteiger partial charge in [-0.3, -0.25) is 0 Å². The van der Waals surface area contributed by atoms with Crippen LogP contribution >= 0.6 is 0 Å². The zero-order valence-corrected chi connectivity index (χ0v) is 8.15. The van der Waals surface area contributed by atoms with Gasteiger partial charge in [0.15, 0.2) is 0 Å². The van der Waals surface area contributed by atoms with Crippen LogP contribution in [-0.4, -0.2) is 17.5 Å². The first-order valence-corrected chi connectivity index (χ1v) is 4.38. The predicted molar refractivity (Wildman–Crippen MR) is 53.5 cm³/mol. The number of methoxy groups -OCH3 is 1. The Labute approximate surface area is 81.9 Å². The minimum absolute atomic E-state index is 0.286. The molecule has 72 valence electrons. The van der Waals surface area contributed by atoms with Gasteiger partial charge in [0.25, 0.3) is 0 Å². The lowest BCUT2D eigenvalue weighted by Gasteiger charge is -2.05. The zero-order valence-electron chi connectivity index (χ0n) is 8.15. The number of nitrogens with zero attached hydrogens (tertiary/aromatic N) is 1. The van der Waals surface area contributed by atoms with E-state index in [0.29, 0.717) is 5.56 Å². The van der Waals surface area contributed by atoms with Crippen molar-refractivity contribution < 1.29 is 9.53 Å². The number of carbonyl (C=O) groups excluding carboxylic acids is 1. The Hall–Kier alpha value is -1.77. The number of carbonyl (C=O) groups is 1. The molecule has 3 nitrogen and oxygen atoms in total. The first-order chi connectivity index (χ1) is 6.74. The molecule has 2 heterocycles. The summed E-state index contributed by atoms with van der Waals surface area (Å²) in [6, 6.07) is 5.69. The van der Waals surface area contributed by atoms with Crippen molar-refractivity contribution in [2.75, 3.05) is 7.11 Å². The molecule has 0 amide bonds. The molecule has 0 aromatic carbocycles. The number of rotatable bonds is 1. The van der Waals surface area contributed by atoms with E-state index in [-0.39, 0.29) is 5.97 Å². The highest BCUT2D eigenvalue weighted by molar-refractivity contribution is 5.93. The third kappa shape index (κ3) is 1.18. The molecule has 2 rings (SSSR count). The van der Waals surface area contributed by atoms with Crippen LogP contribution in [0.2, 0.25) is 0 Å². The molecule has 0 radical (unpaired) electrons. The molecule has 0 N–H and O–H groups in total. The molecule has 14 heavy (non-hydrogen) atoms. The van der Waals surface area contributed by atoms with E-state index in [0.717, 1.165) is 11.1 Å². The fraction of sp³-hybridized carbons (Fsp3) is 0.182. The van der Waals surface area contributed by atoms with Gasteiger partial charge < -0.3 is 9.14 Å². The van der Waals surface area contributed by atoms with Gasteiger partial charge in [-0.05, 0) is 30.7 Å². The van der Waals surface area contributed by atoms with Crippen molar-refractivity contribution in [3.05, 3.63) is 41.7 Å². The summed E-state index contributed by atoms with van der Waals surface area (Å²) in [6.45, 7) is 1.92. The highest BCUT2D eigenvalue weighted by atomic mass is 16.5. The van der Waals surface area contributed by atoms with Crippen LogP contribution in [-0.2, 0) is 4.74 Å². The predicted octanol–water partition coefficient (Wildman–Crippen LogP) is 2.03. The van der Waals surface area contributed by atoms with Gasteiger partial charge in [-0.1, -0.05) is 0 Å². The smallest absolute Gasteiger partial charge is 0.338 e. The lowest BCUT2D eigenvalue weighted by atomic mass is 10.1. The van der Waals surface area contributed by atoms with Crippen LogP contribution in [0.1, 0.15) is 15.9 Å². The van der Waals surface area contributed by atoms with E-state index in [2.05, 4.69) is 0 Å². The molecule has 0 fully saturated rings. The molecule has 0 unspecified atom stereocenters. The summed E-state index contributed by atoms with van der Waals surface area (Å²) in [5.41, 5.74) is 2.61. The number of aromatic nitrogens is 1. The molecule has 0 spiro atoms. The Morgan fingerprint density at radius 2 is 2.14 bits per heavy atom. The lowest BCUT2D eigenvalue weighted by Crippen LogP contribution is -2.04. The molecule has 0 aliphatic rings. The van der Waals surface area contributed by atoms with Gasteiger partial charge in [0, 0.05) is 17.9 Å². The molecular weight excluding hydrogens is 178 g/mol. The zero-order chi connectivity index (χ0) is 10.1. The number of aryl methyl sites for hydroxylation is 1. The van der Waals surface area contributed by atoms with Crippen molar-refractivity contribution in [2.45, 2.75) is 6.92 Å². The second-order valence-corrected chi connectivity index (χ2v) is 3.15. The van der Waals surface area contributed by atoms with E-state index < -0.39 is 0 Å². The maximum atomic E-state index is 11.4. The molecule has 0 aliphatic heterocycles. The highest BCUT2D eigenvalue weighted by Gasteiger charge is 2.10. The van der Waals surface area contributed by atoms with E-state index >= 15 is 0 Å². The summed E-state index contributed by atoms with van der Waals surface area (Å²) in [5, 5.41) is 0. The molecule has 0 saturated carbocycles. The van der Waals surface area contributed by atoms with Crippen molar-refractivity contribution in [3.63, 3.8) is 0 Å². The number of hydrogen-bond donors (Lipinski definition) is 0. The van der Waals surface area contributed by atoms with Crippen LogP contribution in [0.25, 0.3) is 5.52 Å². The fourth-order valence-electron chi connectivity index (χ4n) is 1.59. The summed E-state index contributed by atoms with van der Waals surface area (Å²) >= 11 is 0. The summed E-state index contributed by atoms with van der Waals surface area (Å²) in [4.78, 5) is 11.4. The van der Waals surface area contributed by atoms with Crippen molar-refractivity contribution in [1.29, 1.82) is 0 Å². The molecule has 0 atom stereocenters. The SMILES string of the molecule is COC(=O)c1ccn2cccc2c1C. The number of ether oxygens (including phenoxy) is 1. The van der Waals surface area contributed by atoms with Gasteiger partial charge in [-0.2, -0.15) is 0 Å². The summed E-state index contributed by atoms with van der Waals surface area (Å²) in [5.74, 6) is -0.286. The third-order valence-electron chi connectivity index (χ3n) is 2.37. The Morgan fingerprint density at radius 1 is 1.36 bits per heavy atom. The first kappa shape index (κ1) is 8.81. The van der Waals surface area contributed by atoms with E-state index in [1.807, 2.05) is 35.9 Å². The minimum Gasteiger partial charge on any atom is -0.465 e. The van der Waals surface area contributed by atoms with Crippen molar-refractivity contribution >= 4 is 11.5 Å². The van der Waals surface area contributed by atoms with Crippen LogP contribution in [0.3, 0.4) is 0 Å². The van der Waals surface area contributed by atoms with Gasteiger partial charge in [0.05, 0.1) is 12.7 Å². The average molecular weight is 189 g/mol. The maximum absolute atomic E-state index is 11.4. The largest absolute Gasteiger partial charge is 0.465 e. The average Bonchev–Trinajstić information content (AvgIpc) is 2.66. The summed E-state index contributed by atoms with van der Waals surface area (Å²) in [6.07, 6.45) is 3.80. The van der Waals surface area contributed by atoms with Crippen molar-refractivity contribution in [3.8, 4) is 0 Å². The van der Waals surface area contributed by atoms with Crippen molar-refractivity contribution in [1.82, 2.24) is 4.40 Å². The Balaban J connectivity index is 2.67. The van der Waals surface area contributed by atoms with Crippen LogP contribution in [0.5, 0.6) is 0 Å². The van der Waals surface area contributed by atoms with E-state index in [1.54, 1.807) is 6.07 Å². The van der Waals surface area contributed by atoms with Crippen LogP contribution < -0.4 is 0 Å². The number of hydrogen-bond acceptors (Lipinski definition) is 2. The minimum atomic E-state index is -0.286. The van der Waals surface area contributed by atoms with Crippen molar-refractivity contribution in [2.24, 2.45) is 0 Å². The van der Waals surface area contributed by atoms with E-state index in [4.69, 9.17) is 4.74 Å². The lowest BCUT2D eigenvalue weighted by molar-refractivity contribution is 0.0600. The monoisotopic (exact) mass is 189 g/mol. The fourth-order valence-corrected chi connectivity index (χ4v) is 1.59.